The van der Waals surface area contributed by atoms with Gasteiger partial charge < -0.3 is 99.9 Å². The number of hydrogen-bond donors (Lipinski definition) is 14. The maximum atomic E-state index is 13.6. The van der Waals surface area contributed by atoms with Crippen molar-refractivity contribution in [3.05, 3.63) is 0 Å². The van der Waals surface area contributed by atoms with E-state index in [0.717, 1.165) is 0 Å². The van der Waals surface area contributed by atoms with Crippen LogP contribution in [0.3, 0.4) is 0 Å². The number of ether oxygens (including phenoxy) is 6. The van der Waals surface area contributed by atoms with Crippen molar-refractivity contribution in [1.29, 1.82) is 0 Å². The number of rotatable bonds is 12. The van der Waals surface area contributed by atoms with Gasteiger partial charge in [0.05, 0.1) is 37.9 Å². The van der Waals surface area contributed by atoms with E-state index in [1.807, 2.05) is 0 Å². The molecule has 0 bridgehead atoms. The smallest absolute Gasteiger partial charge is 0.277 e. The Morgan fingerprint density at radius 2 is 0.817 bits per heavy atom. The molecule has 14 N–H and O–H groups in total. The number of carbonyl (C=O) groups is 2. The van der Waals surface area contributed by atoms with Gasteiger partial charge in [0.15, 0.2) is 37.1 Å². The van der Waals surface area contributed by atoms with Gasteiger partial charge in [-0.1, -0.05) is 0 Å². The molecule has 6 aliphatic rings. The Kier molecular flexibility index (Phi) is 14.6. The molecule has 0 aromatic carbocycles. The minimum Gasteiger partial charge on any atom is -0.394 e. The SMILES string of the molecule is CC1=NN(C2O[C@H](CO)[C@@H](OC3O[C@H](CO)[C@H](O)[C@H](O)[C@H]3O)[C@H](O)[C@H]2O)C(=O)C1N=NC1C(=O)N(C2O[C@H](CO)[C@@H](OC3O[C@H](CO)[C@H](O)[C@H](O)[C@H]3O)[C@H](O)[C@H]2O)N=C1C. The first-order valence-electron chi connectivity index (χ1n) is 18.7. The molecule has 22 atom stereocenters. The van der Waals surface area contributed by atoms with Crippen LogP contribution in [0.4, 0.5) is 0 Å². The van der Waals surface area contributed by atoms with E-state index in [0.29, 0.717) is 10.0 Å². The molecule has 28 nitrogen and oxygen atoms in total. The van der Waals surface area contributed by atoms with E-state index < -0.39 is 173 Å². The Hall–Kier alpha value is -2.92. The van der Waals surface area contributed by atoms with Crippen LogP contribution in [-0.2, 0) is 38.0 Å². The lowest BCUT2D eigenvalue weighted by molar-refractivity contribution is -0.347. The van der Waals surface area contributed by atoms with Crippen LogP contribution in [0.15, 0.2) is 20.4 Å². The molecule has 28 heteroatoms. The van der Waals surface area contributed by atoms with Crippen molar-refractivity contribution in [2.24, 2.45) is 20.4 Å². The largest absolute Gasteiger partial charge is 0.394 e. The third-order valence-electron chi connectivity index (χ3n) is 11.0. The fourth-order valence-electron chi connectivity index (χ4n) is 7.46. The highest BCUT2D eigenvalue weighted by Gasteiger charge is 2.56. The van der Waals surface area contributed by atoms with Crippen molar-refractivity contribution in [3.63, 3.8) is 0 Å². The van der Waals surface area contributed by atoms with E-state index in [-0.39, 0.29) is 11.4 Å². The maximum absolute atomic E-state index is 13.6. The van der Waals surface area contributed by atoms with Crippen molar-refractivity contribution in [3.8, 4) is 0 Å². The van der Waals surface area contributed by atoms with Gasteiger partial charge in [0, 0.05) is 0 Å². The first-order valence-corrected chi connectivity index (χ1v) is 18.7. The van der Waals surface area contributed by atoms with Gasteiger partial charge >= 0.3 is 0 Å². The van der Waals surface area contributed by atoms with Gasteiger partial charge in [0.2, 0.25) is 0 Å². The Balaban J connectivity index is 1.09. The van der Waals surface area contributed by atoms with Crippen molar-refractivity contribution in [2.45, 2.75) is 149 Å². The Morgan fingerprint density at radius 1 is 0.483 bits per heavy atom. The molecule has 340 valence electrons. The summed E-state index contributed by atoms with van der Waals surface area (Å²) >= 11 is 0. The fraction of sp³-hybridized carbons (Fsp3) is 0.875. The molecule has 0 aromatic rings. The molecule has 6 unspecified atom stereocenters. The Morgan fingerprint density at radius 3 is 1.13 bits per heavy atom. The third kappa shape index (κ3) is 8.45. The van der Waals surface area contributed by atoms with Gasteiger partial charge in [-0.25, -0.2) is 0 Å². The van der Waals surface area contributed by atoms with Gasteiger partial charge in [0.1, 0.15) is 97.7 Å². The predicted molar refractivity (Wildman–Crippen MR) is 185 cm³/mol. The molecular formula is C32H50N6O22. The number of aliphatic hydroxyl groups is 14. The highest BCUT2D eigenvalue weighted by atomic mass is 16.7. The summed E-state index contributed by atoms with van der Waals surface area (Å²) in [4.78, 5) is 27.2. The second-order valence-electron chi connectivity index (χ2n) is 14.9. The number of amides is 2. The molecule has 2 amide bonds. The number of azo groups is 1. The van der Waals surface area contributed by atoms with E-state index in [2.05, 4.69) is 20.4 Å². The number of carbonyl (C=O) groups excluding carboxylic acids is 2. The summed E-state index contributed by atoms with van der Waals surface area (Å²) in [6.07, 6.45) is -35.2. The Bertz CT molecular complexity index is 1510. The second kappa shape index (κ2) is 18.8. The van der Waals surface area contributed by atoms with E-state index in [1.54, 1.807) is 0 Å². The zero-order valence-electron chi connectivity index (χ0n) is 31.7. The number of hydrazone groups is 2. The van der Waals surface area contributed by atoms with Crippen LogP contribution < -0.4 is 0 Å². The van der Waals surface area contributed by atoms with Gasteiger partial charge in [0.25, 0.3) is 11.8 Å². The molecule has 6 rings (SSSR count). The highest BCUT2D eigenvalue weighted by Crippen LogP contribution is 2.34. The maximum Gasteiger partial charge on any atom is 0.277 e. The van der Waals surface area contributed by atoms with E-state index >= 15 is 0 Å². The van der Waals surface area contributed by atoms with Crippen LogP contribution >= 0.6 is 0 Å². The van der Waals surface area contributed by atoms with Crippen molar-refractivity contribution in [2.75, 3.05) is 26.4 Å². The summed E-state index contributed by atoms with van der Waals surface area (Å²) in [6.45, 7) is -0.684. The van der Waals surface area contributed by atoms with E-state index in [1.165, 1.54) is 13.8 Å². The predicted octanol–water partition coefficient (Wildman–Crippen LogP) is -10.1. The summed E-state index contributed by atoms with van der Waals surface area (Å²) in [5.41, 5.74) is -0.0619. The first kappa shape index (κ1) is 46.6. The zero-order valence-corrected chi connectivity index (χ0v) is 31.7. The van der Waals surface area contributed by atoms with E-state index in [9.17, 15) is 81.1 Å². The average molecular weight is 871 g/mol. The molecule has 4 fully saturated rings. The summed E-state index contributed by atoms with van der Waals surface area (Å²) < 4.78 is 33.0. The monoisotopic (exact) mass is 870 g/mol. The standard InChI is InChI=1S/C32H50N6O22/c1-7-13(27(53)37(35-7)29-21(49)19(47)25(11(5-41)55-29)59-31-23(51)17(45)15(43)9(3-39)57-31)33-34-14-8(2)36-38(28(14)54)30-22(50)20(48)26(12(6-42)56-30)60-32-24(52)18(46)16(44)10(4-40)58-32/h9-26,29-32,39-52H,3-6H2,1-2H3/t9-,10-,11-,12-,13?,14?,15+,16+,17+,18+,19-,20-,21-,22-,23-,24-,25-,26-,29?,30?,31?,32?/m1/s1. The molecular weight excluding hydrogens is 820 g/mol. The quantitative estimate of drug-likeness (QED) is 0.0810. The molecule has 0 aromatic heterocycles. The van der Waals surface area contributed by atoms with E-state index in [4.69, 9.17) is 28.4 Å². The van der Waals surface area contributed by atoms with Crippen molar-refractivity contribution >= 4 is 23.2 Å². The molecule has 6 aliphatic heterocycles. The van der Waals surface area contributed by atoms with Gasteiger partial charge in [-0.15, -0.1) is 0 Å². The van der Waals surface area contributed by atoms with Crippen LogP contribution in [0.2, 0.25) is 0 Å². The molecule has 6 heterocycles. The van der Waals surface area contributed by atoms with Crippen molar-refractivity contribution < 1.29 is 110 Å². The molecule has 0 aliphatic carbocycles. The topological polar surface area (TPSA) is 429 Å². The number of aliphatic hydroxyl groups excluding tert-OH is 14. The normalized spacial score (nSPS) is 47.9. The van der Waals surface area contributed by atoms with Crippen LogP contribution in [-0.4, -0.2) is 266 Å². The van der Waals surface area contributed by atoms with Gasteiger partial charge in [-0.3, -0.25) is 9.59 Å². The Labute approximate surface area is 338 Å². The minimum atomic E-state index is -2.00. The van der Waals surface area contributed by atoms with Crippen LogP contribution in [0.1, 0.15) is 13.8 Å². The van der Waals surface area contributed by atoms with Gasteiger partial charge in [-0.05, 0) is 13.8 Å². The lowest BCUT2D eigenvalue weighted by Gasteiger charge is -2.46. The lowest BCUT2D eigenvalue weighted by atomic mass is 9.96. The molecule has 60 heavy (non-hydrogen) atoms. The molecule has 0 radical (unpaired) electrons. The second-order valence-corrected chi connectivity index (χ2v) is 14.9. The average Bonchev–Trinajstić information content (AvgIpc) is 3.68. The molecule has 0 spiro atoms. The molecule has 4 saturated heterocycles. The number of nitrogens with zero attached hydrogens (tertiary/aromatic N) is 6. The molecule has 0 saturated carbocycles. The van der Waals surface area contributed by atoms with Crippen molar-refractivity contribution in [1.82, 2.24) is 10.0 Å². The lowest BCUT2D eigenvalue weighted by Crippen LogP contribution is -2.66. The van der Waals surface area contributed by atoms with Gasteiger partial charge in [-0.2, -0.15) is 30.4 Å². The van der Waals surface area contributed by atoms with Crippen LogP contribution in [0.5, 0.6) is 0 Å². The highest BCUT2D eigenvalue weighted by molar-refractivity contribution is 6.12. The summed E-state index contributed by atoms with van der Waals surface area (Å²) in [5, 5.41) is 162. The fourth-order valence-corrected chi connectivity index (χ4v) is 7.46. The minimum absolute atomic E-state index is 0.0310. The summed E-state index contributed by atoms with van der Waals surface area (Å²) in [5.74, 6) is -1.94. The number of hydrogen-bond acceptors (Lipinski definition) is 26. The first-order chi connectivity index (χ1) is 28.4. The summed E-state index contributed by atoms with van der Waals surface area (Å²) in [7, 11) is 0. The third-order valence-corrected chi connectivity index (χ3v) is 11.0. The van der Waals surface area contributed by atoms with Crippen LogP contribution in [0, 0.1) is 0 Å². The zero-order chi connectivity index (χ0) is 44.1. The summed E-state index contributed by atoms with van der Waals surface area (Å²) in [6, 6.07) is -3.05. The van der Waals surface area contributed by atoms with Crippen LogP contribution in [0.25, 0.3) is 0 Å².